The molecule has 0 spiro atoms. The Hall–Kier alpha value is -2.43. The number of carbonyl (C=O) groups is 1. The van der Waals surface area contributed by atoms with Gasteiger partial charge in [0.1, 0.15) is 0 Å². The van der Waals surface area contributed by atoms with Gasteiger partial charge in [-0.25, -0.2) is 13.2 Å². The van der Waals surface area contributed by atoms with E-state index in [9.17, 15) is 13.2 Å². The van der Waals surface area contributed by atoms with Crippen LogP contribution < -0.4 is 15.4 Å². The lowest BCUT2D eigenvalue weighted by molar-refractivity contribution is 0.251. The molecule has 2 amide bonds. The fraction of sp³-hybridized carbons (Fsp3) is 0.100. The maximum absolute atomic E-state index is 12.4. The lowest BCUT2D eigenvalue weighted by Crippen LogP contribution is -2.28. The average Bonchev–Trinajstić information content (AvgIpc) is 2.67. The number of urea groups is 1. The molecule has 0 radical (unpaired) electrons. The molecule has 10 heteroatoms. The first-order chi connectivity index (χ1) is 14.3. The van der Waals surface area contributed by atoms with Crippen molar-refractivity contribution in [1.82, 2.24) is 10.3 Å². The molecule has 0 fully saturated rings. The van der Waals surface area contributed by atoms with Crippen LogP contribution in [0.2, 0.25) is 0 Å². The minimum Gasteiger partial charge on any atom is -0.334 e. The fourth-order valence-corrected chi connectivity index (χ4v) is 5.17. The number of pyridine rings is 1. The molecule has 0 saturated carbocycles. The van der Waals surface area contributed by atoms with E-state index in [-0.39, 0.29) is 11.8 Å². The third-order valence-electron chi connectivity index (χ3n) is 3.90. The van der Waals surface area contributed by atoms with Gasteiger partial charge in [-0.15, -0.1) is 0 Å². The molecule has 0 saturated heterocycles. The molecule has 30 heavy (non-hydrogen) atoms. The summed E-state index contributed by atoms with van der Waals surface area (Å²) in [5.74, 6) is -0.164. The predicted molar refractivity (Wildman–Crippen MR) is 125 cm³/mol. The van der Waals surface area contributed by atoms with Crippen LogP contribution in [0.5, 0.6) is 0 Å². The molecule has 3 rings (SSSR count). The molecular formula is C20H18Br2N4O3S. The van der Waals surface area contributed by atoms with Crippen molar-refractivity contribution in [2.75, 3.05) is 10.0 Å². The van der Waals surface area contributed by atoms with E-state index < -0.39 is 10.0 Å². The molecule has 0 aliphatic heterocycles. The van der Waals surface area contributed by atoms with E-state index in [1.165, 1.54) is 0 Å². The number of nitrogens with one attached hydrogen (secondary N) is 3. The zero-order valence-corrected chi connectivity index (χ0v) is 19.6. The number of benzene rings is 2. The minimum atomic E-state index is -3.59. The molecule has 156 valence electrons. The highest BCUT2D eigenvalue weighted by Crippen LogP contribution is 2.22. The van der Waals surface area contributed by atoms with E-state index in [0.29, 0.717) is 23.5 Å². The van der Waals surface area contributed by atoms with Crippen molar-refractivity contribution < 1.29 is 13.2 Å². The van der Waals surface area contributed by atoms with Gasteiger partial charge >= 0.3 is 6.03 Å². The smallest absolute Gasteiger partial charge is 0.319 e. The Labute approximate surface area is 191 Å². The first kappa shape index (κ1) is 22.3. The number of rotatable bonds is 7. The molecule has 2 aromatic carbocycles. The number of halogens is 2. The number of carbonyl (C=O) groups excluding carboxylic acids is 1. The van der Waals surface area contributed by atoms with Crippen LogP contribution in [-0.2, 0) is 22.3 Å². The van der Waals surface area contributed by atoms with E-state index in [1.807, 2.05) is 18.2 Å². The van der Waals surface area contributed by atoms with Gasteiger partial charge in [0.2, 0.25) is 10.0 Å². The Morgan fingerprint density at radius 2 is 1.47 bits per heavy atom. The summed E-state index contributed by atoms with van der Waals surface area (Å²) in [4.78, 5) is 15.9. The van der Waals surface area contributed by atoms with Gasteiger partial charge in [-0.2, -0.15) is 0 Å². The van der Waals surface area contributed by atoms with Crippen molar-refractivity contribution in [3.05, 3.63) is 87.1 Å². The lowest BCUT2D eigenvalue weighted by atomic mass is 10.2. The Bertz CT molecular complexity index is 1100. The van der Waals surface area contributed by atoms with Crippen molar-refractivity contribution >= 4 is 59.3 Å². The van der Waals surface area contributed by atoms with Gasteiger partial charge in [0.25, 0.3) is 0 Å². The molecule has 1 heterocycles. The molecular weight excluding hydrogens is 536 g/mol. The van der Waals surface area contributed by atoms with Gasteiger partial charge in [-0.05, 0) is 65.7 Å². The summed E-state index contributed by atoms with van der Waals surface area (Å²) in [5, 5.41) is 5.44. The van der Waals surface area contributed by atoms with Crippen LogP contribution in [0.1, 0.15) is 11.1 Å². The molecule has 3 aromatic rings. The highest BCUT2D eigenvalue weighted by Gasteiger charge is 2.13. The summed E-state index contributed by atoms with van der Waals surface area (Å²) in [6.07, 6.45) is 3.31. The number of sulfonamides is 1. The van der Waals surface area contributed by atoms with E-state index in [0.717, 1.165) is 14.5 Å². The molecule has 0 unspecified atom stereocenters. The fourth-order valence-electron chi connectivity index (χ4n) is 2.61. The van der Waals surface area contributed by atoms with Gasteiger partial charge in [-0.1, -0.05) is 31.9 Å². The second-order valence-electron chi connectivity index (χ2n) is 6.38. The summed E-state index contributed by atoms with van der Waals surface area (Å²) < 4.78 is 29.0. The number of hydrogen-bond acceptors (Lipinski definition) is 4. The monoisotopic (exact) mass is 552 g/mol. The number of aromatic nitrogens is 1. The molecule has 0 bridgehead atoms. The maximum atomic E-state index is 12.4. The summed E-state index contributed by atoms with van der Waals surface area (Å²) in [7, 11) is -3.59. The average molecular weight is 554 g/mol. The van der Waals surface area contributed by atoms with Crippen LogP contribution in [0.15, 0.2) is 75.9 Å². The van der Waals surface area contributed by atoms with Crippen molar-refractivity contribution in [2.45, 2.75) is 12.3 Å². The van der Waals surface area contributed by atoms with Crippen LogP contribution in [-0.4, -0.2) is 19.4 Å². The standard InChI is InChI=1S/C20H18Br2N4O3S/c21-16-9-15(10-17(22)11-16)13-30(28,29)26-19-3-1-18(2-4-19)25-20(27)24-12-14-5-7-23-8-6-14/h1-11,26H,12-13H2,(H2,24,25,27). The predicted octanol–water partition coefficient (Wildman–Crippen LogP) is 4.87. The highest BCUT2D eigenvalue weighted by atomic mass is 79.9. The van der Waals surface area contributed by atoms with Gasteiger partial charge in [0.05, 0.1) is 5.75 Å². The molecule has 0 aliphatic rings. The topological polar surface area (TPSA) is 100 Å². The van der Waals surface area contributed by atoms with E-state index in [2.05, 4.69) is 52.2 Å². The SMILES string of the molecule is O=C(NCc1ccncc1)Nc1ccc(NS(=O)(=O)Cc2cc(Br)cc(Br)c2)cc1. The minimum absolute atomic E-state index is 0.164. The largest absolute Gasteiger partial charge is 0.334 e. The normalized spacial score (nSPS) is 11.0. The Morgan fingerprint density at radius 3 is 2.10 bits per heavy atom. The van der Waals surface area contributed by atoms with Gasteiger partial charge in [0.15, 0.2) is 0 Å². The molecule has 7 nitrogen and oxygen atoms in total. The van der Waals surface area contributed by atoms with E-state index in [1.54, 1.807) is 48.8 Å². The number of anilines is 2. The summed E-state index contributed by atoms with van der Waals surface area (Å²) in [6, 6.07) is 15.0. The molecule has 0 aliphatic carbocycles. The first-order valence-corrected chi connectivity index (χ1v) is 12.0. The van der Waals surface area contributed by atoms with Crippen LogP contribution >= 0.6 is 31.9 Å². The molecule has 3 N–H and O–H groups in total. The third-order valence-corrected chi connectivity index (χ3v) is 6.07. The third kappa shape index (κ3) is 7.12. The lowest BCUT2D eigenvalue weighted by Gasteiger charge is -2.11. The molecule has 0 atom stereocenters. The van der Waals surface area contributed by atoms with Gasteiger partial charge < -0.3 is 10.6 Å². The number of hydrogen-bond donors (Lipinski definition) is 3. The van der Waals surface area contributed by atoms with Crippen LogP contribution in [0, 0.1) is 0 Å². The molecule has 1 aromatic heterocycles. The van der Waals surface area contributed by atoms with E-state index >= 15 is 0 Å². The zero-order chi connectivity index (χ0) is 21.6. The van der Waals surface area contributed by atoms with Crippen molar-refractivity contribution in [3.8, 4) is 0 Å². The van der Waals surface area contributed by atoms with Crippen LogP contribution in [0.3, 0.4) is 0 Å². The van der Waals surface area contributed by atoms with Crippen molar-refractivity contribution in [2.24, 2.45) is 0 Å². The second-order valence-corrected chi connectivity index (χ2v) is 9.93. The Kier molecular flexibility index (Phi) is 7.46. The van der Waals surface area contributed by atoms with Crippen LogP contribution in [0.4, 0.5) is 16.2 Å². The van der Waals surface area contributed by atoms with Gasteiger partial charge in [-0.3, -0.25) is 9.71 Å². The Balaban J connectivity index is 1.55. The summed E-state index contributed by atoms with van der Waals surface area (Å²) >= 11 is 6.70. The van der Waals surface area contributed by atoms with Crippen LogP contribution in [0.25, 0.3) is 0 Å². The van der Waals surface area contributed by atoms with Crippen molar-refractivity contribution in [1.29, 1.82) is 0 Å². The number of nitrogens with zero attached hydrogens (tertiary/aromatic N) is 1. The number of amides is 2. The second kappa shape index (κ2) is 10.1. The zero-order valence-electron chi connectivity index (χ0n) is 15.6. The van der Waals surface area contributed by atoms with Gasteiger partial charge in [0, 0.05) is 39.3 Å². The first-order valence-electron chi connectivity index (χ1n) is 8.78. The quantitative estimate of drug-likeness (QED) is 0.388. The van der Waals surface area contributed by atoms with E-state index in [4.69, 9.17) is 0 Å². The Morgan fingerprint density at radius 1 is 0.867 bits per heavy atom. The summed E-state index contributed by atoms with van der Waals surface area (Å²) in [5.41, 5.74) is 2.53. The maximum Gasteiger partial charge on any atom is 0.319 e. The summed E-state index contributed by atoms with van der Waals surface area (Å²) in [6.45, 7) is 0.373. The van der Waals surface area contributed by atoms with Crippen molar-refractivity contribution in [3.63, 3.8) is 0 Å². The highest BCUT2D eigenvalue weighted by molar-refractivity contribution is 9.11.